The summed E-state index contributed by atoms with van der Waals surface area (Å²) in [5.74, 6) is 0.125. The monoisotopic (exact) mass is 459 g/mol. The predicted octanol–water partition coefficient (Wildman–Crippen LogP) is 3.83. The number of rotatable bonds is 9. The molecule has 0 bridgehead atoms. The van der Waals surface area contributed by atoms with Gasteiger partial charge in [0.15, 0.2) is 4.34 Å². The minimum atomic E-state index is -0.511. The molecule has 0 saturated heterocycles. The van der Waals surface area contributed by atoms with E-state index in [4.69, 9.17) is 4.74 Å². The zero-order valence-corrected chi connectivity index (χ0v) is 17.9. The van der Waals surface area contributed by atoms with Crippen LogP contribution in [0.1, 0.15) is 17.3 Å². The van der Waals surface area contributed by atoms with Crippen molar-refractivity contribution in [2.75, 3.05) is 23.0 Å². The van der Waals surface area contributed by atoms with E-state index in [-0.39, 0.29) is 23.3 Å². The third kappa shape index (κ3) is 6.49. The Morgan fingerprint density at radius 1 is 1.10 bits per heavy atom. The number of hydrogen-bond donors (Lipinski definition) is 2. The fraction of sp³-hybridized carbons (Fsp3) is 0.158. The molecule has 0 aliphatic rings. The molecular weight excluding hydrogens is 442 g/mol. The third-order valence-corrected chi connectivity index (χ3v) is 5.72. The van der Waals surface area contributed by atoms with E-state index >= 15 is 0 Å². The number of aromatic nitrogens is 2. The van der Waals surface area contributed by atoms with Gasteiger partial charge < -0.3 is 10.1 Å². The lowest BCUT2D eigenvalue weighted by Crippen LogP contribution is -2.13. The first-order chi connectivity index (χ1) is 14.9. The normalized spacial score (nSPS) is 10.4. The Kier molecular flexibility index (Phi) is 7.51. The average molecular weight is 460 g/mol. The summed E-state index contributed by atoms with van der Waals surface area (Å²) in [6.45, 7) is 2.42. The number of carbonyl (C=O) groups is 2. The summed E-state index contributed by atoms with van der Waals surface area (Å²) < 4.78 is 5.86. The number of amides is 2. The average Bonchev–Trinajstić information content (AvgIpc) is 3.20. The van der Waals surface area contributed by atoms with Gasteiger partial charge in [-0.05, 0) is 43.3 Å². The summed E-state index contributed by atoms with van der Waals surface area (Å²) in [5.41, 5.74) is 0.855. The summed E-state index contributed by atoms with van der Waals surface area (Å²) in [7, 11) is 0. The lowest BCUT2D eigenvalue weighted by molar-refractivity contribution is -0.384. The highest BCUT2D eigenvalue weighted by Crippen LogP contribution is 2.26. The SMILES string of the molecule is CCOc1ccc(C(=O)Nc2nnc(SCC(=O)Nc3ccc([N+](=O)[O-])cc3)s2)cc1. The van der Waals surface area contributed by atoms with E-state index in [2.05, 4.69) is 20.8 Å². The number of carbonyl (C=O) groups excluding carboxylic acids is 2. The number of nitrogens with zero attached hydrogens (tertiary/aromatic N) is 3. The molecule has 1 heterocycles. The first-order valence-corrected chi connectivity index (χ1v) is 10.8. The van der Waals surface area contributed by atoms with Crippen LogP contribution >= 0.6 is 23.1 Å². The molecule has 3 aromatic rings. The van der Waals surface area contributed by atoms with Crippen LogP contribution in [0.5, 0.6) is 5.75 Å². The van der Waals surface area contributed by atoms with Gasteiger partial charge in [-0.1, -0.05) is 23.1 Å². The van der Waals surface area contributed by atoms with Gasteiger partial charge in [-0.15, -0.1) is 10.2 Å². The Morgan fingerprint density at radius 3 is 2.45 bits per heavy atom. The first-order valence-electron chi connectivity index (χ1n) is 8.99. The summed E-state index contributed by atoms with van der Waals surface area (Å²) >= 11 is 2.31. The van der Waals surface area contributed by atoms with Crippen molar-refractivity contribution in [3.8, 4) is 5.75 Å². The van der Waals surface area contributed by atoms with Crippen molar-refractivity contribution in [1.82, 2.24) is 10.2 Å². The topological polar surface area (TPSA) is 136 Å². The van der Waals surface area contributed by atoms with Crippen molar-refractivity contribution in [2.24, 2.45) is 0 Å². The lowest BCUT2D eigenvalue weighted by Gasteiger charge is -2.04. The maximum absolute atomic E-state index is 12.3. The number of non-ortho nitro benzene ring substituents is 1. The molecule has 2 aromatic carbocycles. The van der Waals surface area contributed by atoms with Gasteiger partial charge in [0, 0.05) is 23.4 Å². The van der Waals surface area contributed by atoms with E-state index in [0.29, 0.717) is 33.1 Å². The second kappa shape index (κ2) is 10.5. The molecule has 2 amide bonds. The quantitative estimate of drug-likeness (QED) is 0.213. The highest BCUT2D eigenvalue weighted by atomic mass is 32.2. The third-order valence-electron chi connectivity index (χ3n) is 3.74. The van der Waals surface area contributed by atoms with Crippen LogP contribution in [0.15, 0.2) is 52.9 Å². The second-order valence-electron chi connectivity index (χ2n) is 5.93. The molecule has 10 nitrogen and oxygen atoms in total. The number of ether oxygens (including phenoxy) is 1. The second-order valence-corrected chi connectivity index (χ2v) is 8.13. The van der Waals surface area contributed by atoms with Gasteiger partial charge in [-0.25, -0.2) is 0 Å². The highest BCUT2D eigenvalue weighted by Gasteiger charge is 2.13. The van der Waals surface area contributed by atoms with E-state index in [1.54, 1.807) is 24.3 Å². The van der Waals surface area contributed by atoms with Gasteiger partial charge >= 0.3 is 0 Å². The van der Waals surface area contributed by atoms with Crippen molar-refractivity contribution in [2.45, 2.75) is 11.3 Å². The van der Waals surface area contributed by atoms with E-state index < -0.39 is 4.92 Å². The first kappa shape index (κ1) is 22.2. The number of benzene rings is 2. The number of thioether (sulfide) groups is 1. The van der Waals surface area contributed by atoms with Crippen molar-refractivity contribution in [1.29, 1.82) is 0 Å². The molecule has 31 heavy (non-hydrogen) atoms. The number of anilines is 2. The predicted molar refractivity (Wildman–Crippen MR) is 118 cm³/mol. The minimum Gasteiger partial charge on any atom is -0.494 e. The maximum Gasteiger partial charge on any atom is 0.269 e. The van der Waals surface area contributed by atoms with Crippen molar-refractivity contribution in [3.63, 3.8) is 0 Å². The maximum atomic E-state index is 12.3. The van der Waals surface area contributed by atoms with Crippen LogP contribution in [0.4, 0.5) is 16.5 Å². The standard InChI is InChI=1S/C19H17N5O5S2/c1-2-29-15-9-3-12(4-10-15)17(26)21-18-22-23-19(31-18)30-11-16(25)20-13-5-7-14(8-6-13)24(27)28/h3-10H,2,11H2,1H3,(H,20,25)(H,21,22,26). The number of nitro benzene ring substituents is 1. The molecule has 0 atom stereocenters. The van der Waals surface area contributed by atoms with Gasteiger partial charge in [0.05, 0.1) is 17.3 Å². The van der Waals surface area contributed by atoms with Gasteiger partial charge in [-0.3, -0.25) is 25.0 Å². The highest BCUT2D eigenvalue weighted by molar-refractivity contribution is 8.01. The number of nitro groups is 1. The molecule has 1 aromatic heterocycles. The van der Waals surface area contributed by atoms with E-state index in [1.165, 1.54) is 24.3 Å². The molecule has 0 aliphatic carbocycles. The number of hydrogen-bond acceptors (Lipinski definition) is 9. The van der Waals surface area contributed by atoms with Crippen molar-refractivity contribution >= 4 is 51.4 Å². The Labute approximate surface area is 185 Å². The van der Waals surface area contributed by atoms with Crippen molar-refractivity contribution < 1.29 is 19.2 Å². The summed E-state index contributed by atoms with van der Waals surface area (Å²) in [6.07, 6.45) is 0. The van der Waals surface area contributed by atoms with E-state index in [1.807, 2.05) is 6.92 Å². The van der Waals surface area contributed by atoms with Gasteiger partial charge in [-0.2, -0.15) is 0 Å². The molecule has 0 unspecified atom stereocenters. The summed E-state index contributed by atoms with van der Waals surface area (Å²) in [6, 6.07) is 12.3. The van der Waals surface area contributed by atoms with Crippen LogP contribution in [0.25, 0.3) is 0 Å². The number of nitrogens with one attached hydrogen (secondary N) is 2. The van der Waals surface area contributed by atoms with Gasteiger partial charge in [0.2, 0.25) is 11.0 Å². The van der Waals surface area contributed by atoms with Crippen LogP contribution in [0.3, 0.4) is 0 Å². The van der Waals surface area contributed by atoms with Crippen LogP contribution in [-0.4, -0.2) is 39.3 Å². The van der Waals surface area contributed by atoms with Crippen LogP contribution in [0, 0.1) is 10.1 Å². The summed E-state index contributed by atoms with van der Waals surface area (Å²) in [5, 5.41) is 24.1. The Balaban J connectivity index is 1.48. The molecular formula is C19H17N5O5S2. The van der Waals surface area contributed by atoms with Crippen LogP contribution in [0.2, 0.25) is 0 Å². The fourth-order valence-electron chi connectivity index (χ4n) is 2.35. The smallest absolute Gasteiger partial charge is 0.269 e. The molecule has 0 aliphatic heterocycles. The zero-order chi connectivity index (χ0) is 22.2. The van der Waals surface area contributed by atoms with Gasteiger partial charge in [0.1, 0.15) is 5.75 Å². The Bertz CT molecular complexity index is 1070. The molecule has 0 fully saturated rings. The molecule has 3 rings (SSSR count). The Hall–Kier alpha value is -3.51. The fourth-order valence-corrected chi connectivity index (χ4v) is 3.89. The van der Waals surface area contributed by atoms with E-state index in [9.17, 15) is 19.7 Å². The molecule has 0 radical (unpaired) electrons. The van der Waals surface area contributed by atoms with E-state index in [0.717, 1.165) is 23.1 Å². The van der Waals surface area contributed by atoms with Crippen LogP contribution in [-0.2, 0) is 4.79 Å². The summed E-state index contributed by atoms with van der Waals surface area (Å²) in [4.78, 5) is 34.5. The Morgan fingerprint density at radius 2 is 1.81 bits per heavy atom. The molecule has 160 valence electrons. The molecule has 0 spiro atoms. The zero-order valence-electron chi connectivity index (χ0n) is 16.2. The molecule has 0 saturated carbocycles. The largest absolute Gasteiger partial charge is 0.494 e. The van der Waals surface area contributed by atoms with Crippen molar-refractivity contribution in [3.05, 3.63) is 64.2 Å². The minimum absolute atomic E-state index is 0.0546. The van der Waals surface area contributed by atoms with Crippen LogP contribution < -0.4 is 15.4 Å². The molecule has 2 N–H and O–H groups in total. The molecule has 12 heteroatoms. The lowest BCUT2D eigenvalue weighted by atomic mass is 10.2. The van der Waals surface area contributed by atoms with Gasteiger partial charge in [0.25, 0.3) is 11.6 Å².